The summed E-state index contributed by atoms with van der Waals surface area (Å²) in [5.74, 6) is 1.17. The average Bonchev–Trinajstić information content (AvgIpc) is 2.72. The van der Waals surface area contributed by atoms with Gasteiger partial charge in [-0.2, -0.15) is 11.8 Å². The lowest BCUT2D eigenvalue weighted by molar-refractivity contribution is 0.0697. The van der Waals surface area contributed by atoms with Crippen molar-refractivity contribution in [3.63, 3.8) is 0 Å². The number of aromatic carboxylic acids is 1. The highest BCUT2D eigenvalue weighted by molar-refractivity contribution is 7.98. The second kappa shape index (κ2) is 6.12. The van der Waals surface area contributed by atoms with Gasteiger partial charge in [0.1, 0.15) is 16.9 Å². The Balaban J connectivity index is 2.17. The molecule has 0 unspecified atom stereocenters. The summed E-state index contributed by atoms with van der Waals surface area (Å²) in [4.78, 5) is 13.5. The van der Waals surface area contributed by atoms with Gasteiger partial charge in [0.2, 0.25) is 0 Å². The first kappa shape index (κ1) is 14.0. The topological polar surface area (TPSA) is 53.7 Å². The Morgan fingerprint density at radius 2 is 2.11 bits per heavy atom. The molecule has 1 aromatic heterocycles. The number of furan rings is 1. The summed E-state index contributed by atoms with van der Waals surface area (Å²) in [6.07, 6.45) is 0. The minimum absolute atomic E-state index is 0.299. The molecule has 0 bridgehead atoms. The van der Waals surface area contributed by atoms with Crippen molar-refractivity contribution >= 4 is 28.7 Å². The quantitative estimate of drug-likeness (QED) is 0.824. The van der Waals surface area contributed by atoms with E-state index in [1.165, 1.54) is 0 Å². The Morgan fingerprint density at radius 3 is 2.79 bits per heavy atom. The van der Waals surface area contributed by atoms with Crippen molar-refractivity contribution in [3.05, 3.63) is 35.6 Å². The van der Waals surface area contributed by atoms with Crippen LogP contribution in [-0.4, -0.2) is 42.4 Å². The van der Waals surface area contributed by atoms with Gasteiger partial charge in [0.25, 0.3) is 0 Å². The second-order valence-corrected chi connectivity index (χ2v) is 5.66. The van der Waals surface area contributed by atoms with Gasteiger partial charge in [-0.05, 0) is 20.2 Å². The number of nitrogens with zero attached hydrogens (tertiary/aromatic N) is 1. The van der Waals surface area contributed by atoms with Crippen LogP contribution in [0.3, 0.4) is 0 Å². The molecular formula is C14H17NO3S. The van der Waals surface area contributed by atoms with E-state index in [1.807, 2.05) is 26.2 Å². The van der Waals surface area contributed by atoms with Crippen LogP contribution in [0, 0.1) is 0 Å². The van der Waals surface area contributed by atoms with Gasteiger partial charge in [0.15, 0.2) is 0 Å². The van der Waals surface area contributed by atoms with Gasteiger partial charge in [-0.25, -0.2) is 4.79 Å². The molecule has 0 aliphatic heterocycles. The lowest BCUT2D eigenvalue weighted by Gasteiger charge is -2.07. The zero-order valence-corrected chi connectivity index (χ0v) is 11.9. The highest BCUT2D eigenvalue weighted by Gasteiger charge is 2.19. The molecule has 1 N–H and O–H groups in total. The number of rotatable bonds is 6. The molecule has 0 atom stereocenters. The van der Waals surface area contributed by atoms with E-state index in [0.29, 0.717) is 28.0 Å². The van der Waals surface area contributed by atoms with E-state index in [4.69, 9.17) is 4.42 Å². The fourth-order valence-corrected chi connectivity index (χ4v) is 2.87. The van der Waals surface area contributed by atoms with Gasteiger partial charge in [-0.3, -0.25) is 0 Å². The van der Waals surface area contributed by atoms with E-state index >= 15 is 0 Å². The van der Waals surface area contributed by atoms with Crippen LogP contribution in [0.1, 0.15) is 16.1 Å². The van der Waals surface area contributed by atoms with E-state index in [2.05, 4.69) is 4.90 Å². The molecule has 1 heterocycles. The van der Waals surface area contributed by atoms with E-state index in [9.17, 15) is 9.90 Å². The van der Waals surface area contributed by atoms with Crippen molar-refractivity contribution < 1.29 is 14.3 Å². The molecule has 19 heavy (non-hydrogen) atoms. The molecule has 2 rings (SSSR count). The highest BCUT2D eigenvalue weighted by atomic mass is 32.2. The zero-order valence-electron chi connectivity index (χ0n) is 11.0. The summed E-state index contributed by atoms with van der Waals surface area (Å²) < 4.78 is 5.65. The molecule has 102 valence electrons. The first-order valence-corrected chi connectivity index (χ1v) is 7.21. The van der Waals surface area contributed by atoms with Crippen molar-refractivity contribution in [1.82, 2.24) is 4.90 Å². The molecule has 2 aromatic rings. The fraction of sp³-hybridized carbons (Fsp3) is 0.357. The SMILES string of the molecule is CN(C)CCSCc1oc2ccccc2c1C(=O)O. The number of fused-ring (bicyclic) bond motifs is 1. The van der Waals surface area contributed by atoms with Crippen LogP contribution in [0.25, 0.3) is 11.0 Å². The molecule has 0 fully saturated rings. The molecule has 5 heteroatoms. The number of carboxylic acids is 1. The number of para-hydroxylation sites is 1. The first-order chi connectivity index (χ1) is 9.09. The van der Waals surface area contributed by atoms with Gasteiger partial charge in [0.05, 0.1) is 5.75 Å². The van der Waals surface area contributed by atoms with Crippen LogP contribution >= 0.6 is 11.8 Å². The maximum absolute atomic E-state index is 11.4. The summed E-state index contributed by atoms with van der Waals surface area (Å²) in [5.41, 5.74) is 0.941. The van der Waals surface area contributed by atoms with E-state index in [1.54, 1.807) is 23.9 Å². The minimum atomic E-state index is -0.923. The maximum atomic E-state index is 11.4. The Kier molecular flexibility index (Phi) is 4.50. The monoisotopic (exact) mass is 279 g/mol. The number of benzene rings is 1. The average molecular weight is 279 g/mol. The third kappa shape index (κ3) is 3.30. The summed E-state index contributed by atoms with van der Waals surface area (Å²) >= 11 is 1.68. The van der Waals surface area contributed by atoms with E-state index in [0.717, 1.165) is 12.3 Å². The second-order valence-electron chi connectivity index (χ2n) is 4.56. The third-order valence-corrected chi connectivity index (χ3v) is 3.74. The van der Waals surface area contributed by atoms with Crippen LogP contribution in [0.5, 0.6) is 0 Å². The van der Waals surface area contributed by atoms with E-state index in [-0.39, 0.29) is 0 Å². The molecule has 1 aromatic carbocycles. The van der Waals surface area contributed by atoms with Gasteiger partial charge in [-0.1, -0.05) is 18.2 Å². The van der Waals surface area contributed by atoms with Crippen LogP contribution in [-0.2, 0) is 5.75 Å². The number of thioether (sulfide) groups is 1. The zero-order chi connectivity index (χ0) is 13.8. The molecule has 0 amide bonds. The smallest absolute Gasteiger partial charge is 0.339 e. The summed E-state index contributed by atoms with van der Waals surface area (Å²) in [5, 5.41) is 10.00. The molecule has 0 aliphatic carbocycles. The van der Waals surface area contributed by atoms with Gasteiger partial charge in [-0.15, -0.1) is 0 Å². The van der Waals surface area contributed by atoms with Crippen molar-refractivity contribution in [2.75, 3.05) is 26.4 Å². The minimum Gasteiger partial charge on any atom is -0.478 e. The molecule has 0 radical (unpaired) electrons. The molecule has 0 saturated heterocycles. The van der Waals surface area contributed by atoms with E-state index < -0.39 is 5.97 Å². The first-order valence-electron chi connectivity index (χ1n) is 6.05. The third-order valence-electron chi connectivity index (χ3n) is 2.80. The lowest BCUT2D eigenvalue weighted by Crippen LogP contribution is -2.14. The Morgan fingerprint density at radius 1 is 1.37 bits per heavy atom. The largest absolute Gasteiger partial charge is 0.478 e. The maximum Gasteiger partial charge on any atom is 0.339 e. The predicted octanol–water partition coefficient (Wildman–Crippen LogP) is 2.93. The molecule has 4 nitrogen and oxygen atoms in total. The Bertz CT molecular complexity index is 577. The fourth-order valence-electron chi connectivity index (χ4n) is 1.84. The summed E-state index contributed by atoms with van der Waals surface area (Å²) in [6, 6.07) is 7.26. The predicted molar refractivity (Wildman–Crippen MR) is 77.9 cm³/mol. The van der Waals surface area contributed by atoms with Crippen LogP contribution in [0.15, 0.2) is 28.7 Å². The van der Waals surface area contributed by atoms with Crippen molar-refractivity contribution in [1.29, 1.82) is 0 Å². The molecule has 0 saturated carbocycles. The van der Waals surface area contributed by atoms with Crippen LogP contribution < -0.4 is 0 Å². The van der Waals surface area contributed by atoms with Gasteiger partial charge < -0.3 is 14.4 Å². The Hall–Kier alpha value is -1.46. The standard InChI is InChI=1S/C14H17NO3S/c1-15(2)7-8-19-9-12-13(14(16)17)10-5-3-4-6-11(10)18-12/h3-6H,7-9H2,1-2H3,(H,16,17). The molecule has 0 spiro atoms. The summed E-state index contributed by atoms with van der Waals surface area (Å²) in [7, 11) is 4.04. The lowest BCUT2D eigenvalue weighted by atomic mass is 10.1. The number of hydrogen-bond acceptors (Lipinski definition) is 4. The van der Waals surface area contributed by atoms with Gasteiger partial charge >= 0.3 is 5.97 Å². The molecular weight excluding hydrogens is 262 g/mol. The highest BCUT2D eigenvalue weighted by Crippen LogP contribution is 2.28. The van der Waals surface area contributed by atoms with Crippen molar-refractivity contribution in [2.45, 2.75) is 5.75 Å². The number of carbonyl (C=O) groups is 1. The molecule has 0 aliphatic rings. The summed E-state index contributed by atoms with van der Waals surface area (Å²) in [6.45, 7) is 0.966. The van der Waals surface area contributed by atoms with Crippen molar-refractivity contribution in [3.8, 4) is 0 Å². The number of hydrogen-bond donors (Lipinski definition) is 1. The Labute approximate surface area is 116 Å². The van der Waals surface area contributed by atoms with Crippen LogP contribution in [0.2, 0.25) is 0 Å². The normalized spacial score (nSPS) is 11.3. The van der Waals surface area contributed by atoms with Crippen molar-refractivity contribution in [2.24, 2.45) is 0 Å². The number of carboxylic acid groups (broad SMARTS) is 1. The van der Waals surface area contributed by atoms with Gasteiger partial charge in [0, 0.05) is 17.7 Å². The van der Waals surface area contributed by atoms with Crippen LogP contribution in [0.4, 0.5) is 0 Å².